The number of nitrogens with zero attached hydrogens (tertiary/aromatic N) is 3. The minimum atomic E-state index is 0.133. The van der Waals surface area contributed by atoms with E-state index in [0.717, 1.165) is 28.4 Å². The predicted octanol–water partition coefficient (Wildman–Crippen LogP) is 3.96. The van der Waals surface area contributed by atoms with E-state index in [0.29, 0.717) is 24.1 Å². The molecule has 2 N–H and O–H groups in total. The molecule has 6 nitrogen and oxygen atoms in total. The van der Waals surface area contributed by atoms with Gasteiger partial charge in [0.05, 0.1) is 11.4 Å². The second-order valence-electron chi connectivity index (χ2n) is 7.88. The molecule has 1 aliphatic carbocycles. The molecule has 1 saturated carbocycles. The molecule has 1 amide bonds. The van der Waals surface area contributed by atoms with E-state index in [1.54, 1.807) is 11.3 Å². The number of hydrogen-bond acceptors (Lipinski definition) is 4. The number of rotatable bonds is 4. The summed E-state index contributed by atoms with van der Waals surface area (Å²) in [5.41, 5.74) is 6.56. The maximum atomic E-state index is 12.4. The molecule has 2 aromatic heterocycles. The lowest BCUT2D eigenvalue weighted by Crippen LogP contribution is -2.41. The molecule has 3 aromatic rings. The fraction of sp³-hybridized carbons (Fsp3) is 0.450. The Hall–Kier alpha value is -2.63. The minimum absolute atomic E-state index is 0.133. The standard InChI is InChI=1S/C20H23N5O/c1-11(2)16-7-8-17(26)25(16)24-20-18-14-9-13(12-3-4-12)5-6-15(14)23-19(18)21-10-22-20/h5-6,9-12,16H,3-4,7-8H2,1-2H3,(H2,21,22,23,24). The largest absolute Gasteiger partial charge is 0.339 e. The molecule has 1 aromatic carbocycles. The number of fused-ring (bicyclic) bond motifs is 3. The molecule has 1 aliphatic heterocycles. The van der Waals surface area contributed by atoms with Gasteiger partial charge in [0.2, 0.25) is 5.91 Å². The summed E-state index contributed by atoms with van der Waals surface area (Å²) in [7, 11) is 0. The normalized spacial score (nSPS) is 20.7. The fourth-order valence-corrected chi connectivity index (χ4v) is 4.09. The lowest BCUT2D eigenvalue weighted by molar-refractivity contribution is -0.128. The van der Waals surface area contributed by atoms with Crippen LogP contribution in [0.3, 0.4) is 0 Å². The number of aromatic amines is 1. The molecule has 0 spiro atoms. The Kier molecular flexibility index (Phi) is 3.42. The highest BCUT2D eigenvalue weighted by Crippen LogP contribution is 2.42. The van der Waals surface area contributed by atoms with Crippen LogP contribution in [0.4, 0.5) is 5.82 Å². The molecule has 2 aliphatic rings. The van der Waals surface area contributed by atoms with Crippen LogP contribution in [0.15, 0.2) is 24.5 Å². The first-order chi connectivity index (χ1) is 12.6. The summed E-state index contributed by atoms with van der Waals surface area (Å²) in [5, 5.41) is 3.86. The van der Waals surface area contributed by atoms with Gasteiger partial charge in [-0.2, -0.15) is 0 Å². The van der Waals surface area contributed by atoms with Crippen molar-refractivity contribution in [3.05, 3.63) is 30.1 Å². The number of hydrazine groups is 1. The quantitative estimate of drug-likeness (QED) is 0.748. The highest BCUT2D eigenvalue weighted by molar-refractivity contribution is 6.11. The van der Waals surface area contributed by atoms with Crippen molar-refractivity contribution in [1.29, 1.82) is 0 Å². The van der Waals surface area contributed by atoms with E-state index in [1.807, 2.05) is 0 Å². The van der Waals surface area contributed by atoms with Gasteiger partial charge in [-0.1, -0.05) is 19.9 Å². The fourth-order valence-electron chi connectivity index (χ4n) is 4.09. The third-order valence-corrected chi connectivity index (χ3v) is 5.71. The first-order valence-electron chi connectivity index (χ1n) is 9.47. The molecular weight excluding hydrogens is 326 g/mol. The summed E-state index contributed by atoms with van der Waals surface area (Å²) < 4.78 is 0. The van der Waals surface area contributed by atoms with Crippen molar-refractivity contribution in [2.45, 2.75) is 51.5 Å². The maximum absolute atomic E-state index is 12.4. The van der Waals surface area contributed by atoms with Crippen LogP contribution in [0.2, 0.25) is 0 Å². The number of carbonyl (C=O) groups is 1. The van der Waals surface area contributed by atoms with Gasteiger partial charge in [-0.3, -0.25) is 15.2 Å². The van der Waals surface area contributed by atoms with Crippen LogP contribution in [0.5, 0.6) is 0 Å². The molecule has 0 radical (unpaired) electrons. The average molecular weight is 349 g/mol. The topological polar surface area (TPSA) is 73.9 Å². The Morgan fingerprint density at radius 2 is 2.08 bits per heavy atom. The van der Waals surface area contributed by atoms with Gasteiger partial charge in [0, 0.05) is 17.3 Å². The molecule has 1 unspecified atom stereocenters. The zero-order valence-electron chi connectivity index (χ0n) is 15.1. The molecule has 1 atom stereocenters. The number of aromatic nitrogens is 3. The number of benzene rings is 1. The van der Waals surface area contributed by atoms with Crippen molar-refractivity contribution < 1.29 is 4.79 Å². The predicted molar refractivity (Wildman–Crippen MR) is 102 cm³/mol. The van der Waals surface area contributed by atoms with E-state index in [9.17, 15) is 4.79 Å². The molecule has 2 fully saturated rings. The van der Waals surface area contributed by atoms with Crippen molar-refractivity contribution >= 4 is 33.7 Å². The van der Waals surface area contributed by atoms with Gasteiger partial charge in [0.25, 0.3) is 0 Å². The van der Waals surface area contributed by atoms with E-state index in [1.165, 1.54) is 18.4 Å². The maximum Gasteiger partial charge on any atom is 0.241 e. The summed E-state index contributed by atoms with van der Waals surface area (Å²) in [6, 6.07) is 6.78. The smallest absolute Gasteiger partial charge is 0.241 e. The number of amides is 1. The van der Waals surface area contributed by atoms with Crippen molar-refractivity contribution in [2.24, 2.45) is 5.92 Å². The Morgan fingerprint density at radius 3 is 2.85 bits per heavy atom. The molecule has 26 heavy (non-hydrogen) atoms. The lowest BCUT2D eigenvalue weighted by atomic mass is 10.0. The Bertz CT molecular complexity index is 1000. The van der Waals surface area contributed by atoms with E-state index in [4.69, 9.17) is 0 Å². The van der Waals surface area contributed by atoms with Crippen LogP contribution >= 0.6 is 0 Å². The second kappa shape index (κ2) is 5.69. The van der Waals surface area contributed by atoms with E-state index in [2.05, 4.69) is 52.4 Å². The first kappa shape index (κ1) is 15.6. The van der Waals surface area contributed by atoms with Crippen molar-refractivity contribution in [3.63, 3.8) is 0 Å². The zero-order valence-corrected chi connectivity index (χ0v) is 15.1. The minimum Gasteiger partial charge on any atom is -0.339 e. The van der Waals surface area contributed by atoms with Gasteiger partial charge in [-0.15, -0.1) is 0 Å². The monoisotopic (exact) mass is 349 g/mol. The molecule has 0 bridgehead atoms. The molecule has 3 heterocycles. The number of nitrogens with one attached hydrogen (secondary N) is 2. The second-order valence-corrected chi connectivity index (χ2v) is 7.88. The highest BCUT2D eigenvalue weighted by Gasteiger charge is 2.34. The number of anilines is 1. The van der Waals surface area contributed by atoms with Gasteiger partial charge in [-0.25, -0.2) is 9.97 Å². The first-order valence-corrected chi connectivity index (χ1v) is 9.47. The molecule has 6 heteroatoms. The van der Waals surface area contributed by atoms with Gasteiger partial charge < -0.3 is 4.98 Å². The molecular formula is C20H23N5O. The van der Waals surface area contributed by atoms with Crippen LogP contribution in [0, 0.1) is 5.92 Å². The van der Waals surface area contributed by atoms with Crippen LogP contribution in [0.25, 0.3) is 21.9 Å². The Balaban J connectivity index is 1.61. The number of hydrogen-bond donors (Lipinski definition) is 2. The van der Waals surface area contributed by atoms with Gasteiger partial charge in [0.1, 0.15) is 12.0 Å². The summed E-state index contributed by atoms with van der Waals surface area (Å²) in [6.07, 6.45) is 5.57. The average Bonchev–Trinajstić information content (AvgIpc) is 3.31. The van der Waals surface area contributed by atoms with Crippen molar-refractivity contribution in [1.82, 2.24) is 20.0 Å². The van der Waals surface area contributed by atoms with Crippen LogP contribution in [0.1, 0.15) is 51.0 Å². The van der Waals surface area contributed by atoms with Crippen LogP contribution in [-0.4, -0.2) is 31.9 Å². The summed E-state index contributed by atoms with van der Waals surface area (Å²) in [4.78, 5) is 24.7. The lowest BCUT2D eigenvalue weighted by Gasteiger charge is -2.28. The van der Waals surface area contributed by atoms with Gasteiger partial charge in [-0.05, 0) is 48.8 Å². The van der Waals surface area contributed by atoms with Crippen LogP contribution in [-0.2, 0) is 4.79 Å². The van der Waals surface area contributed by atoms with E-state index < -0.39 is 0 Å². The Morgan fingerprint density at radius 1 is 1.23 bits per heavy atom. The molecule has 1 saturated heterocycles. The molecule has 134 valence electrons. The number of H-pyrrole nitrogens is 1. The summed E-state index contributed by atoms with van der Waals surface area (Å²) in [6.45, 7) is 4.31. The third kappa shape index (κ3) is 2.43. The summed E-state index contributed by atoms with van der Waals surface area (Å²) in [5.74, 6) is 1.93. The zero-order chi connectivity index (χ0) is 17.8. The third-order valence-electron chi connectivity index (χ3n) is 5.71. The van der Waals surface area contributed by atoms with E-state index in [-0.39, 0.29) is 11.9 Å². The molecule has 5 rings (SSSR count). The van der Waals surface area contributed by atoms with Crippen LogP contribution < -0.4 is 5.43 Å². The SMILES string of the molecule is CC(C)C1CCC(=O)N1Nc1ncnc2[nH]c3ccc(C4CC4)cc3c12. The van der Waals surface area contributed by atoms with Gasteiger partial charge >= 0.3 is 0 Å². The Labute approximate surface area is 152 Å². The summed E-state index contributed by atoms with van der Waals surface area (Å²) >= 11 is 0. The highest BCUT2D eigenvalue weighted by atomic mass is 16.2. The van der Waals surface area contributed by atoms with E-state index >= 15 is 0 Å². The number of carbonyl (C=O) groups excluding carboxylic acids is 1. The van der Waals surface area contributed by atoms with Gasteiger partial charge in [0.15, 0.2) is 5.82 Å². The van der Waals surface area contributed by atoms with Crippen molar-refractivity contribution in [2.75, 3.05) is 5.43 Å². The van der Waals surface area contributed by atoms with Crippen molar-refractivity contribution in [3.8, 4) is 0 Å².